The fourth-order valence-corrected chi connectivity index (χ4v) is 2.93. The Morgan fingerprint density at radius 3 is 3.00 bits per heavy atom. The van der Waals surface area contributed by atoms with E-state index in [0.29, 0.717) is 18.3 Å². The molecule has 0 radical (unpaired) electrons. The lowest BCUT2D eigenvalue weighted by atomic mass is 9.85. The van der Waals surface area contributed by atoms with E-state index >= 15 is 0 Å². The summed E-state index contributed by atoms with van der Waals surface area (Å²) < 4.78 is 5.07. The number of nitrogens with one attached hydrogen (secondary N) is 2. The minimum absolute atomic E-state index is 0.154. The molecule has 4 N–H and O–H groups in total. The maximum atomic E-state index is 11.4. The van der Waals surface area contributed by atoms with E-state index < -0.39 is 0 Å². The monoisotopic (exact) mass is 293 g/mol. The molecule has 2 saturated heterocycles. The van der Waals surface area contributed by atoms with E-state index in [4.69, 9.17) is 10.6 Å². The highest BCUT2D eigenvalue weighted by atomic mass is 16.5. The van der Waals surface area contributed by atoms with Gasteiger partial charge in [0.05, 0.1) is 7.11 Å². The van der Waals surface area contributed by atoms with Gasteiger partial charge in [-0.2, -0.15) is 15.0 Å². The van der Waals surface area contributed by atoms with Crippen LogP contribution in [0.5, 0.6) is 6.01 Å². The Bertz CT molecular complexity index is 516. The first-order valence-electron chi connectivity index (χ1n) is 7.00. The van der Waals surface area contributed by atoms with Crippen molar-refractivity contribution in [2.24, 2.45) is 11.8 Å². The average molecular weight is 293 g/mol. The molecular formula is C12H19N7O2. The third kappa shape index (κ3) is 2.82. The van der Waals surface area contributed by atoms with Gasteiger partial charge in [-0.15, -0.1) is 0 Å². The number of ether oxygens (including phenoxy) is 1. The Balaban J connectivity index is 1.77. The zero-order chi connectivity index (χ0) is 14.8. The van der Waals surface area contributed by atoms with Gasteiger partial charge in [0.2, 0.25) is 17.8 Å². The van der Waals surface area contributed by atoms with Crippen molar-refractivity contribution in [2.45, 2.75) is 25.3 Å². The Morgan fingerprint density at radius 2 is 2.24 bits per heavy atom. The van der Waals surface area contributed by atoms with Gasteiger partial charge in [0.25, 0.3) is 0 Å². The largest absolute Gasteiger partial charge is 0.467 e. The summed E-state index contributed by atoms with van der Waals surface area (Å²) in [6, 6.07) is 0.491. The van der Waals surface area contributed by atoms with E-state index in [1.54, 1.807) is 0 Å². The van der Waals surface area contributed by atoms with Crippen molar-refractivity contribution in [3.8, 4) is 6.01 Å². The molecule has 1 aromatic heterocycles. The predicted octanol–water partition coefficient (Wildman–Crippen LogP) is -0.729. The second kappa shape index (κ2) is 5.68. The van der Waals surface area contributed by atoms with Crippen LogP contribution in [-0.2, 0) is 4.79 Å². The summed E-state index contributed by atoms with van der Waals surface area (Å²) in [5, 5.41) is 3.06. The number of amides is 1. The smallest absolute Gasteiger partial charge is 0.322 e. The van der Waals surface area contributed by atoms with Crippen molar-refractivity contribution < 1.29 is 9.53 Å². The van der Waals surface area contributed by atoms with Gasteiger partial charge in [0.15, 0.2) is 0 Å². The molecule has 21 heavy (non-hydrogen) atoms. The minimum atomic E-state index is 0.154. The summed E-state index contributed by atoms with van der Waals surface area (Å²) in [6.07, 6.45) is 2.37. The fourth-order valence-electron chi connectivity index (χ4n) is 2.93. The molecule has 2 fully saturated rings. The highest BCUT2D eigenvalue weighted by Gasteiger charge is 2.34. The lowest BCUT2D eigenvalue weighted by Gasteiger charge is -2.41. The van der Waals surface area contributed by atoms with Gasteiger partial charge in [0, 0.05) is 25.6 Å². The number of methoxy groups -OCH3 is 1. The maximum Gasteiger partial charge on any atom is 0.322 e. The molecule has 2 aliphatic heterocycles. The van der Waals surface area contributed by atoms with Crippen LogP contribution >= 0.6 is 0 Å². The van der Waals surface area contributed by atoms with Crippen LogP contribution in [0.1, 0.15) is 19.3 Å². The number of hydrogen-bond acceptors (Lipinski definition) is 8. The number of nitrogens with zero attached hydrogens (tertiary/aromatic N) is 4. The number of nitrogens with two attached hydrogens (primary N) is 1. The molecule has 2 unspecified atom stereocenters. The van der Waals surface area contributed by atoms with Gasteiger partial charge in [-0.1, -0.05) is 0 Å². The molecule has 3 heterocycles. The molecule has 2 aliphatic rings. The van der Waals surface area contributed by atoms with Crippen molar-refractivity contribution in [3.05, 3.63) is 0 Å². The van der Waals surface area contributed by atoms with E-state index in [0.717, 1.165) is 25.9 Å². The first kappa shape index (κ1) is 13.8. The Labute approximate surface area is 122 Å². The van der Waals surface area contributed by atoms with E-state index in [9.17, 15) is 4.79 Å². The van der Waals surface area contributed by atoms with Crippen LogP contribution in [0.2, 0.25) is 0 Å². The summed E-state index contributed by atoms with van der Waals surface area (Å²) in [5.74, 6) is 6.77. The van der Waals surface area contributed by atoms with Crippen LogP contribution in [0.4, 0.5) is 11.9 Å². The summed E-state index contributed by atoms with van der Waals surface area (Å²) in [4.78, 5) is 26.1. The number of rotatable bonds is 3. The number of anilines is 2. The van der Waals surface area contributed by atoms with Crippen molar-refractivity contribution >= 4 is 17.8 Å². The van der Waals surface area contributed by atoms with E-state index in [2.05, 4.69) is 30.6 Å². The summed E-state index contributed by atoms with van der Waals surface area (Å²) in [7, 11) is 1.50. The fraction of sp³-hybridized carbons (Fsp3) is 0.667. The molecule has 0 aliphatic carbocycles. The number of carbonyl (C=O) groups excluding carboxylic acids is 1. The SMILES string of the molecule is COc1nc(NN)nc(N2CCC3NC(=O)CCC3C2)n1. The van der Waals surface area contributed by atoms with Gasteiger partial charge < -0.3 is 15.0 Å². The quantitative estimate of drug-likeness (QED) is 0.493. The van der Waals surface area contributed by atoms with Crippen LogP contribution in [0, 0.1) is 5.92 Å². The highest BCUT2D eigenvalue weighted by Crippen LogP contribution is 2.27. The van der Waals surface area contributed by atoms with Crippen molar-refractivity contribution in [2.75, 3.05) is 30.5 Å². The molecule has 9 heteroatoms. The lowest BCUT2D eigenvalue weighted by molar-refractivity contribution is -0.124. The third-order valence-corrected chi connectivity index (χ3v) is 4.02. The van der Waals surface area contributed by atoms with Gasteiger partial charge >= 0.3 is 6.01 Å². The third-order valence-electron chi connectivity index (χ3n) is 4.02. The van der Waals surface area contributed by atoms with Gasteiger partial charge in [0.1, 0.15) is 0 Å². The van der Waals surface area contributed by atoms with Crippen LogP contribution in [0.15, 0.2) is 0 Å². The molecule has 0 spiro atoms. The Hall–Kier alpha value is -2.16. The molecule has 1 amide bonds. The predicted molar refractivity (Wildman–Crippen MR) is 75.7 cm³/mol. The lowest BCUT2D eigenvalue weighted by Crippen LogP contribution is -2.54. The topological polar surface area (TPSA) is 118 Å². The second-order valence-electron chi connectivity index (χ2n) is 5.30. The summed E-state index contributed by atoms with van der Waals surface area (Å²) >= 11 is 0. The number of piperidine rings is 2. The van der Waals surface area contributed by atoms with Crippen LogP contribution < -0.4 is 26.2 Å². The number of fused-ring (bicyclic) bond motifs is 1. The molecule has 3 rings (SSSR count). The van der Waals surface area contributed by atoms with Crippen LogP contribution in [0.25, 0.3) is 0 Å². The van der Waals surface area contributed by atoms with Gasteiger partial charge in [-0.25, -0.2) is 5.84 Å². The molecule has 2 atom stereocenters. The first-order valence-corrected chi connectivity index (χ1v) is 7.00. The Morgan fingerprint density at radius 1 is 1.38 bits per heavy atom. The maximum absolute atomic E-state index is 11.4. The second-order valence-corrected chi connectivity index (χ2v) is 5.30. The summed E-state index contributed by atoms with van der Waals surface area (Å²) in [5.41, 5.74) is 2.42. The number of aromatic nitrogens is 3. The Kier molecular flexibility index (Phi) is 3.74. The minimum Gasteiger partial charge on any atom is -0.467 e. The standard InChI is InChI=1S/C12H19N7O2/c1-21-12-16-10(18-13)15-11(17-12)19-5-4-8-7(6-19)2-3-9(20)14-8/h7-8H,2-6,13H2,1H3,(H,14,20)(H,15,16,17,18). The van der Waals surface area contributed by atoms with Crippen molar-refractivity contribution in [1.29, 1.82) is 0 Å². The first-order chi connectivity index (χ1) is 10.2. The number of hydrogen-bond donors (Lipinski definition) is 3. The van der Waals surface area contributed by atoms with Crippen LogP contribution in [-0.4, -0.2) is 47.1 Å². The average Bonchev–Trinajstić information content (AvgIpc) is 2.53. The summed E-state index contributed by atoms with van der Waals surface area (Å²) in [6.45, 7) is 1.58. The van der Waals surface area contributed by atoms with Gasteiger partial charge in [-0.3, -0.25) is 10.2 Å². The molecular weight excluding hydrogens is 274 g/mol. The van der Waals surface area contributed by atoms with Crippen molar-refractivity contribution in [3.63, 3.8) is 0 Å². The zero-order valence-electron chi connectivity index (χ0n) is 11.9. The molecule has 0 aromatic carbocycles. The van der Waals surface area contributed by atoms with E-state index in [1.807, 2.05) is 0 Å². The molecule has 114 valence electrons. The van der Waals surface area contributed by atoms with E-state index in [1.165, 1.54) is 7.11 Å². The van der Waals surface area contributed by atoms with Gasteiger partial charge in [-0.05, 0) is 18.8 Å². The molecule has 0 saturated carbocycles. The highest BCUT2D eigenvalue weighted by molar-refractivity contribution is 5.77. The van der Waals surface area contributed by atoms with E-state index in [-0.39, 0.29) is 23.9 Å². The number of carbonyl (C=O) groups is 1. The number of nitrogen functional groups attached to an aromatic ring is 1. The molecule has 9 nitrogen and oxygen atoms in total. The van der Waals surface area contributed by atoms with Crippen molar-refractivity contribution in [1.82, 2.24) is 20.3 Å². The number of hydrazine groups is 1. The zero-order valence-corrected chi connectivity index (χ0v) is 11.9. The molecule has 0 bridgehead atoms. The normalized spacial score (nSPS) is 25.0. The van der Waals surface area contributed by atoms with Crippen LogP contribution in [0.3, 0.4) is 0 Å². The molecule has 1 aromatic rings.